The fourth-order valence-corrected chi connectivity index (χ4v) is 2.99. The number of amides is 2. The lowest BCUT2D eigenvalue weighted by Gasteiger charge is -2.28. The van der Waals surface area contributed by atoms with Gasteiger partial charge in [0.2, 0.25) is 0 Å². The SMILES string of the molecule is CC1=C(C(=O)OCc2ccc(C)cc2)[C@@H](c2ccc(O)c([N+](=O)[O-])c2)NC(=O)N1. The van der Waals surface area contributed by atoms with Gasteiger partial charge in [-0.3, -0.25) is 10.1 Å². The molecule has 2 amide bonds. The van der Waals surface area contributed by atoms with Crippen molar-refractivity contribution >= 4 is 17.7 Å². The van der Waals surface area contributed by atoms with Gasteiger partial charge in [-0.25, -0.2) is 9.59 Å². The molecule has 1 aliphatic heterocycles. The van der Waals surface area contributed by atoms with E-state index in [1.165, 1.54) is 6.07 Å². The van der Waals surface area contributed by atoms with Crippen LogP contribution in [-0.4, -0.2) is 22.0 Å². The first kappa shape index (κ1) is 19.9. The number of phenols is 1. The molecule has 0 fully saturated rings. The Kier molecular flexibility index (Phi) is 5.49. The number of carbonyl (C=O) groups is 2. The Balaban J connectivity index is 1.89. The lowest BCUT2D eigenvalue weighted by atomic mass is 9.95. The largest absolute Gasteiger partial charge is 0.502 e. The summed E-state index contributed by atoms with van der Waals surface area (Å²) >= 11 is 0. The van der Waals surface area contributed by atoms with Crippen LogP contribution in [0.4, 0.5) is 10.5 Å². The highest BCUT2D eigenvalue weighted by molar-refractivity contribution is 5.95. The molecule has 0 radical (unpaired) electrons. The smallest absolute Gasteiger partial charge is 0.338 e. The molecule has 1 aliphatic rings. The third-order valence-electron chi connectivity index (χ3n) is 4.51. The first-order valence-corrected chi connectivity index (χ1v) is 8.74. The number of nitro groups is 1. The maximum atomic E-state index is 12.8. The second kappa shape index (κ2) is 8.01. The summed E-state index contributed by atoms with van der Waals surface area (Å²) in [6.07, 6.45) is 0. The monoisotopic (exact) mass is 397 g/mol. The number of carbonyl (C=O) groups excluding carboxylic acids is 2. The standard InChI is InChI=1S/C20H19N3O6/c1-11-3-5-13(6-4-11)10-29-19(25)17-12(2)21-20(26)22-18(17)14-7-8-16(24)15(9-14)23(27)28/h3-9,18,24H,10H2,1-2H3,(H2,21,22,26)/t18-/m1/s1. The van der Waals surface area contributed by atoms with Crippen molar-refractivity contribution in [1.82, 2.24) is 10.6 Å². The number of nitrogens with zero attached hydrogens (tertiary/aromatic N) is 1. The van der Waals surface area contributed by atoms with Crippen molar-refractivity contribution in [3.63, 3.8) is 0 Å². The second-order valence-corrected chi connectivity index (χ2v) is 6.64. The molecule has 3 N–H and O–H groups in total. The van der Waals surface area contributed by atoms with Gasteiger partial charge in [-0.05, 0) is 31.0 Å². The van der Waals surface area contributed by atoms with E-state index < -0.39 is 34.4 Å². The Labute approximate surface area is 166 Å². The second-order valence-electron chi connectivity index (χ2n) is 6.64. The predicted octanol–water partition coefficient (Wildman–Crippen LogP) is 2.98. The van der Waals surface area contributed by atoms with Gasteiger partial charge in [-0.15, -0.1) is 0 Å². The van der Waals surface area contributed by atoms with E-state index in [1.54, 1.807) is 6.92 Å². The summed E-state index contributed by atoms with van der Waals surface area (Å²) < 4.78 is 5.39. The van der Waals surface area contributed by atoms with Crippen molar-refractivity contribution in [3.05, 3.63) is 80.5 Å². The molecule has 9 heteroatoms. The average Bonchev–Trinajstić information content (AvgIpc) is 2.67. The van der Waals surface area contributed by atoms with Crippen LogP contribution in [0.2, 0.25) is 0 Å². The highest BCUT2D eigenvalue weighted by Crippen LogP contribution is 2.33. The zero-order valence-corrected chi connectivity index (χ0v) is 15.8. The molecule has 0 saturated carbocycles. The van der Waals surface area contributed by atoms with Crippen LogP contribution in [0.5, 0.6) is 5.75 Å². The van der Waals surface area contributed by atoms with Crippen molar-refractivity contribution in [2.75, 3.05) is 0 Å². The van der Waals surface area contributed by atoms with Crippen LogP contribution >= 0.6 is 0 Å². The minimum Gasteiger partial charge on any atom is -0.502 e. The summed E-state index contributed by atoms with van der Waals surface area (Å²) in [5, 5.41) is 25.9. The molecule has 3 rings (SSSR count). The van der Waals surface area contributed by atoms with Crippen LogP contribution < -0.4 is 10.6 Å². The molecule has 1 heterocycles. The van der Waals surface area contributed by atoms with Gasteiger partial charge < -0.3 is 20.5 Å². The highest BCUT2D eigenvalue weighted by Gasteiger charge is 2.33. The summed E-state index contributed by atoms with van der Waals surface area (Å²) in [7, 11) is 0. The number of nitrogens with one attached hydrogen (secondary N) is 2. The van der Waals surface area contributed by atoms with Gasteiger partial charge in [-0.2, -0.15) is 0 Å². The molecular weight excluding hydrogens is 378 g/mol. The number of urea groups is 1. The number of hydrogen-bond donors (Lipinski definition) is 3. The number of ether oxygens (including phenoxy) is 1. The summed E-state index contributed by atoms with van der Waals surface area (Å²) in [5.41, 5.74) is 2.02. The minimum atomic E-state index is -0.964. The Morgan fingerprint density at radius 1 is 1.21 bits per heavy atom. The summed E-state index contributed by atoms with van der Waals surface area (Å²) in [6, 6.07) is 9.62. The fourth-order valence-electron chi connectivity index (χ4n) is 2.99. The van der Waals surface area contributed by atoms with E-state index >= 15 is 0 Å². The van der Waals surface area contributed by atoms with Crippen LogP contribution in [0.3, 0.4) is 0 Å². The van der Waals surface area contributed by atoms with E-state index in [0.717, 1.165) is 23.3 Å². The van der Waals surface area contributed by atoms with Gasteiger partial charge >= 0.3 is 17.7 Å². The van der Waals surface area contributed by atoms with Crippen LogP contribution in [0, 0.1) is 17.0 Å². The lowest BCUT2D eigenvalue weighted by Crippen LogP contribution is -2.45. The lowest BCUT2D eigenvalue weighted by molar-refractivity contribution is -0.385. The molecule has 9 nitrogen and oxygen atoms in total. The van der Waals surface area contributed by atoms with Crippen LogP contribution in [0.15, 0.2) is 53.7 Å². The van der Waals surface area contributed by atoms with E-state index in [0.29, 0.717) is 0 Å². The molecule has 0 aromatic heterocycles. The number of aryl methyl sites for hydroxylation is 1. The van der Waals surface area contributed by atoms with Gasteiger partial charge in [0.1, 0.15) is 6.61 Å². The molecule has 0 unspecified atom stereocenters. The number of allylic oxidation sites excluding steroid dienone is 1. The van der Waals surface area contributed by atoms with E-state index in [4.69, 9.17) is 4.74 Å². The van der Waals surface area contributed by atoms with Crippen LogP contribution in [0.1, 0.15) is 29.7 Å². The Morgan fingerprint density at radius 2 is 1.90 bits per heavy atom. The van der Waals surface area contributed by atoms with Crippen molar-refractivity contribution in [2.24, 2.45) is 0 Å². The molecule has 150 valence electrons. The zero-order chi connectivity index (χ0) is 21.1. The summed E-state index contributed by atoms with van der Waals surface area (Å²) in [6.45, 7) is 3.52. The molecule has 0 spiro atoms. The minimum absolute atomic E-state index is 0.0340. The van der Waals surface area contributed by atoms with Gasteiger partial charge in [0, 0.05) is 11.8 Å². The van der Waals surface area contributed by atoms with Crippen LogP contribution in [-0.2, 0) is 16.1 Å². The topological polar surface area (TPSA) is 131 Å². The quantitative estimate of drug-likeness (QED) is 0.404. The molecule has 0 saturated heterocycles. The normalized spacial score (nSPS) is 16.1. The zero-order valence-electron chi connectivity index (χ0n) is 15.8. The van der Waals surface area contributed by atoms with Crippen molar-refractivity contribution in [3.8, 4) is 5.75 Å². The van der Waals surface area contributed by atoms with Crippen molar-refractivity contribution < 1.29 is 24.4 Å². The number of aromatic hydroxyl groups is 1. The molecule has 1 atom stereocenters. The molecule has 2 aromatic rings. The van der Waals surface area contributed by atoms with Crippen LogP contribution in [0.25, 0.3) is 0 Å². The third-order valence-corrected chi connectivity index (χ3v) is 4.51. The summed E-state index contributed by atoms with van der Waals surface area (Å²) in [4.78, 5) is 35.1. The first-order valence-electron chi connectivity index (χ1n) is 8.74. The van der Waals surface area contributed by atoms with Gasteiger partial charge in [-0.1, -0.05) is 35.9 Å². The Morgan fingerprint density at radius 3 is 2.55 bits per heavy atom. The number of benzene rings is 2. The van der Waals surface area contributed by atoms with Crippen molar-refractivity contribution in [1.29, 1.82) is 0 Å². The van der Waals surface area contributed by atoms with E-state index in [2.05, 4.69) is 10.6 Å². The molecule has 0 bridgehead atoms. The van der Waals surface area contributed by atoms with Crippen molar-refractivity contribution in [2.45, 2.75) is 26.5 Å². The van der Waals surface area contributed by atoms with Gasteiger partial charge in [0.25, 0.3) is 0 Å². The maximum absolute atomic E-state index is 12.8. The van der Waals surface area contributed by atoms with E-state index in [9.17, 15) is 24.8 Å². The highest BCUT2D eigenvalue weighted by atomic mass is 16.6. The fraction of sp³-hybridized carbons (Fsp3) is 0.200. The van der Waals surface area contributed by atoms with E-state index in [-0.39, 0.29) is 23.4 Å². The molecule has 0 aliphatic carbocycles. The average molecular weight is 397 g/mol. The summed E-state index contributed by atoms with van der Waals surface area (Å²) in [5.74, 6) is -1.18. The Hall–Kier alpha value is -3.88. The van der Waals surface area contributed by atoms with E-state index in [1.807, 2.05) is 31.2 Å². The van der Waals surface area contributed by atoms with Gasteiger partial charge in [0.05, 0.1) is 16.5 Å². The number of phenolic OH excluding ortho intramolecular Hbond substituents is 1. The first-order chi connectivity index (χ1) is 13.8. The molecule has 29 heavy (non-hydrogen) atoms. The number of esters is 1. The van der Waals surface area contributed by atoms with Gasteiger partial charge in [0.15, 0.2) is 5.75 Å². The predicted molar refractivity (Wildman–Crippen MR) is 103 cm³/mol. The number of hydrogen-bond acceptors (Lipinski definition) is 6. The molecular formula is C20H19N3O6. The maximum Gasteiger partial charge on any atom is 0.338 e. The third kappa shape index (κ3) is 4.34. The molecule has 2 aromatic carbocycles. The Bertz CT molecular complexity index is 1010. The number of rotatable bonds is 5. The number of nitro benzene ring substituents is 1.